The van der Waals surface area contributed by atoms with Crippen LogP contribution in [0.2, 0.25) is 0 Å². The number of anilines is 1. The highest BCUT2D eigenvalue weighted by molar-refractivity contribution is 5.66. The van der Waals surface area contributed by atoms with Crippen molar-refractivity contribution < 1.29 is 0 Å². The Hall–Kier alpha value is -2.36. The molecule has 4 heteroatoms. The van der Waals surface area contributed by atoms with E-state index in [-0.39, 0.29) is 11.4 Å². The van der Waals surface area contributed by atoms with Crippen LogP contribution in [-0.2, 0) is 0 Å². The Morgan fingerprint density at radius 2 is 1.94 bits per heavy atom. The van der Waals surface area contributed by atoms with Crippen molar-refractivity contribution in [3.63, 3.8) is 0 Å². The summed E-state index contributed by atoms with van der Waals surface area (Å²) in [4.78, 5) is 17.7. The van der Waals surface area contributed by atoms with E-state index < -0.39 is 0 Å². The molecule has 16 heavy (non-hydrogen) atoms. The van der Waals surface area contributed by atoms with E-state index in [2.05, 4.69) is 9.97 Å². The average Bonchev–Trinajstić information content (AvgIpc) is 2.27. The van der Waals surface area contributed by atoms with E-state index in [4.69, 9.17) is 5.73 Å². The summed E-state index contributed by atoms with van der Waals surface area (Å²) in [5.74, 6) is 0.672. The summed E-state index contributed by atoms with van der Waals surface area (Å²) in [7, 11) is 0. The highest BCUT2D eigenvalue weighted by atomic mass is 16.1. The second-order valence-electron chi connectivity index (χ2n) is 3.30. The van der Waals surface area contributed by atoms with Crippen LogP contribution >= 0.6 is 0 Å². The highest BCUT2D eigenvalue weighted by Gasteiger charge is 1.93. The number of rotatable bonds is 2. The number of hydrogen-bond donors (Lipinski definition) is 2. The third-order valence-corrected chi connectivity index (χ3v) is 2.01. The number of nitrogens with two attached hydrogens (primary N) is 1. The van der Waals surface area contributed by atoms with Crippen LogP contribution in [-0.4, -0.2) is 9.97 Å². The quantitative estimate of drug-likeness (QED) is 0.794. The van der Waals surface area contributed by atoms with Gasteiger partial charge in [0.25, 0.3) is 5.56 Å². The topological polar surface area (TPSA) is 71.8 Å². The van der Waals surface area contributed by atoms with E-state index in [1.54, 1.807) is 6.08 Å². The van der Waals surface area contributed by atoms with Gasteiger partial charge in [-0.15, -0.1) is 0 Å². The summed E-state index contributed by atoms with van der Waals surface area (Å²) in [5, 5.41) is 0. The van der Waals surface area contributed by atoms with Crippen LogP contribution in [0.25, 0.3) is 12.2 Å². The molecule has 3 N–H and O–H groups in total. The van der Waals surface area contributed by atoms with E-state index in [9.17, 15) is 4.79 Å². The number of nitrogen functional groups attached to an aromatic ring is 1. The molecule has 2 aromatic rings. The third-order valence-electron chi connectivity index (χ3n) is 2.01. The van der Waals surface area contributed by atoms with Gasteiger partial charge in [0, 0.05) is 6.07 Å². The van der Waals surface area contributed by atoms with Gasteiger partial charge < -0.3 is 10.7 Å². The molecule has 1 heterocycles. The molecule has 0 saturated heterocycles. The zero-order valence-electron chi connectivity index (χ0n) is 8.55. The number of aromatic nitrogens is 2. The Bertz CT molecular complexity index is 558. The largest absolute Gasteiger partial charge is 0.383 e. The molecule has 0 spiro atoms. The minimum atomic E-state index is -0.250. The lowest BCUT2D eigenvalue weighted by Crippen LogP contribution is -2.09. The zero-order valence-corrected chi connectivity index (χ0v) is 8.55. The first-order valence-corrected chi connectivity index (χ1v) is 4.84. The fraction of sp³-hybridized carbons (Fsp3) is 0. The van der Waals surface area contributed by atoms with Crippen molar-refractivity contribution >= 4 is 18.0 Å². The minimum absolute atomic E-state index is 0.219. The van der Waals surface area contributed by atoms with Crippen LogP contribution in [0.3, 0.4) is 0 Å². The van der Waals surface area contributed by atoms with Gasteiger partial charge in [0.15, 0.2) is 0 Å². The molecular formula is C12H11N3O. The van der Waals surface area contributed by atoms with Crippen LogP contribution in [0, 0.1) is 0 Å². The van der Waals surface area contributed by atoms with E-state index >= 15 is 0 Å². The Labute approximate surface area is 92.5 Å². The third kappa shape index (κ3) is 2.57. The number of hydrogen-bond acceptors (Lipinski definition) is 3. The Kier molecular flexibility index (Phi) is 2.82. The summed E-state index contributed by atoms with van der Waals surface area (Å²) < 4.78 is 0. The lowest BCUT2D eigenvalue weighted by Gasteiger charge is -1.95. The van der Waals surface area contributed by atoms with Crippen molar-refractivity contribution in [1.82, 2.24) is 9.97 Å². The minimum Gasteiger partial charge on any atom is -0.383 e. The predicted molar refractivity (Wildman–Crippen MR) is 64.6 cm³/mol. The maximum atomic E-state index is 11.1. The van der Waals surface area contributed by atoms with Gasteiger partial charge in [-0.3, -0.25) is 4.79 Å². The molecule has 0 aliphatic carbocycles. The van der Waals surface area contributed by atoms with Crippen molar-refractivity contribution in [2.24, 2.45) is 0 Å². The molecule has 0 amide bonds. The van der Waals surface area contributed by atoms with Gasteiger partial charge in [0.1, 0.15) is 11.6 Å². The second kappa shape index (κ2) is 4.44. The van der Waals surface area contributed by atoms with Gasteiger partial charge in [-0.2, -0.15) is 0 Å². The van der Waals surface area contributed by atoms with Crippen molar-refractivity contribution in [3.8, 4) is 0 Å². The molecule has 0 unspecified atom stereocenters. The number of benzene rings is 1. The zero-order chi connectivity index (χ0) is 11.4. The second-order valence-corrected chi connectivity index (χ2v) is 3.30. The first-order chi connectivity index (χ1) is 7.74. The average molecular weight is 213 g/mol. The van der Waals surface area contributed by atoms with E-state index in [0.717, 1.165) is 5.56 Å². The highest BCUT2D eigenvalue weighted by Crippen LogP contribution is 2.04. The maximum Gasteiger partial charge on any atom is 0.253 e. The van der Waals surface area contributed by atoms with Crippen LogP contribution in [0.15, 0.2) is 41.2 Å². The van der Waals surface area contributed by atoms with E-state index in [0.29, 0.717) is 5.82 Å². The molecule has 0 atom stereocenters. The molecule has 80 valence electrons. The number of H-pyrrole nitrogens is 1. The predicted octanol–water partition coefficient (Wildman–Crippen LogP) is 1.52. The summed E-state index contributed by atoms with van der Waals surface area (Å²) in [5.41, 5.74) is 6.25. The summed E-state index contributed by atoms with van der Waals surface area (Å²) >= 11 is 0. The van der Waals surface area contributed by atoms with Crippen molar-refractivity contribution in [2.75, 3.05) is 5.73 Å². The van der Waals surface area contributed by atoms with Crippen LogP contribution in [0.5, 0.6) is 0 Å². The fourth-order valence-electron chi connectivity index (χ4n) is 1.31. The Morgan fingerprint density at radius 3 is 2.62 bits per heavy atom. The summed E-state index contributed by atoms with van der Waals surface area (Å²) in [6.45, 7) is 0. The van der Waals surface area contributed by atoms with Gasteiger partial charge in [0.2, 0.25) is 0 Å². The lowest BCUT2D eigenvalue weighted by atomic mass is 10.2. The van der Waals surface area contributed by atoms with Crippen LogP contribution < -0.4 is 11.3 Å². The molecular weight excluding hydrogens is 202 g/mol. The first-order valence-electron chi connectivity index (χ1n) is 4.84. The molecule has 0 saturated carbocycles. The van der Waals surface area contributed by atoms with Gasteiger partial charge >= 0.3 is 0 Å². The number of nitrogens with one attached hydrogen (secondary N) is 1. The van der Waals surface area contributed by atoms with E-state index in [1.807, 2.05) is 36.4 Å². The maximum absolute atomic E-state index is 11.1. The number of nitrogens with zero attached hydrogens (tertiary/aromatic N) is 1. The fourth-order valence-corrected chi connectivity index (χ4v) is 1.31. The molecule has 2 rings (SSSR count). The molecule has 1 aromatic heterocycles. The van der Waals surface area contributed by atoms with E-state index in [1.165, 1.54) is 6.07 Å². The van der Waals surface area contributed by atoms with Crippen molar-refractivity contribution in [1.29, 1.82) is 0 Å². The smallest absolute Gasteiger partial charge is 0.253 e. The molecule has 0 fully saturated rings. The monoisotopic (exact) mass is 213 g/mol. The Balaban J connectivity index is 2.27. The number of aromatic amines is 1. The van der Waals surface area contributed by atoms with Gasteiger partial charge in [0.05, 0.1) is 0 Å². The van der Waals surface area contributed by atoms with Gasteiger partial charge in [-0.1, -0.05) is 36.4 Å². The first kappa shape index (κ1) is 10.2. The normalized spacial score (nSPS) is 10.8. The molecule has 0 aliphatic heterocycles. The molecule has 0 aliphatic rings. The lowest BCUT2D eigenvalue weighted by molar-refractivity contribution is 1.10. The van der Waals surface area contributed by atoms with Crippen molar-refractivity contribution in [2.45, 2.75) is 0 Å². The molecule has 0 radical (unpaired) electrons. The SMILES string of the molecule is Nc1cc(=O)[nH]c(C=Cc2ccccc2)n1. The molecule has 0 bridgehead atoms. The Morgan fingerprint density at radius 1 is 1.19 bits per heavy atom. The standard InChI is InChI=1S/C12H11N3O/c13-10-8-12(16)15-11(14-10)7-6-9-4-2-1-3-5-9/h1-8H,(H3,13,14,15,16). The van der Waals surface area contributed by atoms with Crippen molar-refractivity contribution in [3.05, 3.63) is 58.1 Å². The van der Waals surface area contributed by atoms with Gasteiger partial charge in [-0.25, -0.2) is 4.98 Å². The van der Waals surface area contributed by atoms with Gasteiger partial charge in [-0.05, 0) is 11.6 Å². The molecule has 1 aromatic carbocycles. The summed E-state index contributed by atoms with van der Waals surface area (Å²) in [6.07, 6.45) is 3.57. The van der Waals surface area contributed by atoms with Crippen LogP contribution in [0.4, 0.5) is 5.82 Å². The molecule has 4 nitrogen and oxygen atoms in total. The van der Waals surface area contributed by atoms with Crippen LogP contribution in [0.1, 0.15) is 11.4 Å². The summed E-state index contributed by atoms with van der Waals surface area (Å²) in [6, 6.07) is 11.0.